The molecule has 1 heterocycles. The van der Waals surface area contributed by atoms with Crippen LogP contribution in [0.2, 0.25) is 0 Å². The zero-order chi connectivity index (χ0) is 15.1. The van der Waals surface area contributed by atoms with E-state index in [4.69, 9.17) is 5.11 Å². The van der Waals surface area contributed by atoms with Crippen LogP contribution in [0.5, 0.6) is 0 Å². The summed E-state index contributed by atoms with van der Waals surface area (Å²) >= 11 is 0. The van der Waals surface area contributed by atoms with Crippen molar-refractivity contribution in [1.29, 1.82) is 0 Å². The van der Waals surface area contributed by atoms with Gasteiger partial charge in [-0.1, -0.05) is 13.8 Å². The van der Waals surface area contributed by atoms with Crippen molar-refractivity contribution in [2.24, 2.45) is 11.8 Å². The minimum atomic E-state index is -0.882. The number of H-pyrrole nitrogens is 1. The monoisotopic (exact) mass is 282 g/mol. The summed E-state index contributed by atoms with van der Waals surface area (Å²) in [5.41, 5.74) is 0. The molecule has 0 aliphatic heterocycles. The Morgan fingerprint density at radius 1 is 1.50 bits per heavy atom. The lowest BCUT2D eigenvalue weighted by molar-refractivity contribution is -0.142. The molecule has 1 aromatic heterocycles. The molecule has 0 spiro atoms. The van der Waals surface area contributed by atoms with Gasteiger partial charge < -0.3 is 20.3 Å². The number of nitrogens with one attached hydrogen (secondary N) is 2. The number of aromatic nitrogens is 2. The Balaban J connectivity index is 2.42. The standard InChI is InChI=1S/C13H22N4O3/c1-9(2)6-10(12(18)19)7-16-13(20)17(3)8-11-14-4-5-15-11/h4-5,9-10H,6-8H2,1-3H3,(H,14,15)(H,16,20)(H,18,19). The molecule has 0 radical (unpaired) electrons. The third-order valence-electron chi connectivity index (χ3n) is 2.89. The predicted octanol–water partition coefficient (Wildman–Crippen LogP) is 1.30. The second kappa shape index (κ2) is 7.52. The van der Waals surface area contributed by atoms with Crippen molar-refractivity contribution in [3.63, 3.8) is 0 Å². The van der Waals surface area contributed by atoms with Crippen LogP contribution in [0.3, 0.4) is 0 Å². The Labute approximate surface area is 118 Å². The molecular weight excluding hydrogens is 260 g/mol. The molecule has 7 nitrogen and oxygen atoms in total. The summed E-state index contributed by atoms with van der Waals surface area (Å²) in [4.78, 5) is 31.3. The Morgan fingerprint density at radius 2 is 2.20 bits per heavy atom. The first kappa shape index (κ1) is 16.0. The molecule has 0 aliphatic carbocycles. The van der Waals surface area contributed by atoms with E-state index in [0.29, 0.717) is 18.8 Å². The van der Waals surface area contributed by atoms with Crippen LogP contribution in [-0.4, -0.2) is 45.6 Å². The molecule has 3 N–H and O–H groups in total. The Bertz CT molecular complexity index is 431. The largest absolute Gasteiger partial charge is 0.481 e. The van der Waals surface area contributed by atoms with Crippen molar-refractivity contribution in [2.75, 3.05) is 13.6 Å². The van der Waals surface area contributed by atoms with E-state index in [1.54, 1.807) is 19.4 Å². The highest BCUT2D eigenvalue weighted by Crippen LogP contribution is 2.11. The number of amides is 2. The lowest BCUT2D eigenvalue weighted by Gasteiger charge is -2.20. The van der Waals surface area contributed by atoms with E-state index in [2.05, 4.69) is 15.3 Å². The zero-order valence-electron chi connectivity index (χ0n) is 12.1. The summed E-state index contributed by atoms with van der Waals surface area (Å²) in [6, 6.07) is -0.309. The van der Waals surface area contributed by atoms with Crippen molar-refractivity contribution in [1.82, 2.24) is 20.2 Å². The highest BCUT2D eigenvalue weighted by Gasteiger charge is 2.20. The minimum absolute atomic E-state index is 0.134. The van der Waals surface area contributed by atoms with Crippen LogP contribution >= 0.6 is 0 Å². The zero-order valence-corrected chi connectivity index (χ0v) is 12.1. The summed E-state index contributed by atoms with van der Waals surface area (Å²) in [5.74, 6) is -0.489. The van der Waals surface area contributed by atoms with Crippen molar-refractivity contribution < 1.29 is 14.7 Å². The molecule has 1 rings (SSSR count). The highest BCUT2D eigenvalue weighted by atomic mass is 16.4. The lowest BCUT2D eigenvalue weighted by Crippen LogP contribution is -2.41. The number of urea groups is 1. The van der Waals surface area contributed by atoms with Gasteiger partial charge in [0.25, 0.3) is 0 Å². The van der Waals surface area contributed by atoms with E-state index >= 15 is 0 Å². The van der Waals surface area contributed by atoms with Gasteiger partial charge in [-0.25, -0.2) is 9.78 Å². The summed E-state index contributed by atoms with van der Waals surface area (Å²) in [7, 11) is 1.63. The van der Waals surface area contributed by atoms with Crippen molar-refractivity contribution in [3.05, 3.63) is 18.2 Å². The molecule has 20 heavy (non-hydrogen) atoms. The van der Waals surface area contributed by atoms with Crippen LogP contribution in [0.25, 0.3) is 0 Å². The van der Waals surface area contributed by atoms with Crippen LogP contribution < -0.4 is 5.32 Å². The highest BCUT2D eigenvalue weighted by molar-refractivity contribution is 5.75. The average Bonchev–Trinajstić information content (AvgIpc) is 2.85. The van der Waals surface area contributed by atoms with Crippen LogP contribution in [0.4, 0.5) is 4.79 Å². The fourth-order valence-electron chi connectivity index (χ4n) is 1.87. The molecular formula is C13H22N4O3. The van der Waals surface area contributed by atoms with Gasteiger partial charge in [-0.3, -0.25) is 4.79 Å². The number of hydrogen-bond donors (Lipinski definition) is 3. The maximum absolute atomic E-state index is 11.9. The van der Waals surface area contributed by atoms with Crippen LogP contribution in [0, 0.1) is 11.8 Å². The summed E-state index contributed by atoms with van der Waals surface area (Å²) < 4.78 is 0. The quantitative estimate of drug-likeness (QED) is 0.702. The molecule has 7 heteroatoms. The van der Waals surface area contributed by atoms with Gasteiger partial charge in [-0.2, -0.15) is 0 Å². The molecule has 2 amide bonds. The second-order valence-corrected chi connectivity index (χ2v) is 5.24. The fraction of sp³-hybridized carbons (Fsp3) is 0.615. The number of carboxylic acid groups (broad SMARTS) is 1. The smallest absolute Gasteiger partial charge is 0.317 e. The summed E-state index contributed by atoms with van der Waals surface area (Å²) in [6.07, 6.45) is 3.84. The normalized spacial score (nSPS) is 12.2. The minimum Gasteiger partial charge on any atom is -0.481 e. The molecule has 1 aromatic rings. The molecule has 0 bridgehead atoms. The number of hydrogen-bond acceptors (Lipinski definition) is 3. The molecule has 0 aromatic carbocycles. The van der Waals surface area contributed by atoms with Gasteiger partial charge in [-0.15, -0.1) is 0 Å². The van der Waals surface area contributed by atoms with E-state index in [0.717, 1.165) is 0 Å². The van der Waals surface area contributed by atoms with E-state index < -0.39 is 11.9 Å². The second-order valence-electron chi connectivity index (χ2n) is 5.24. The number of carbonyl (C=O) groups is 2. The van der Waals surface area contributed by atoms with Crippen LogP contribution in [0.15, 0.2) is 12.4 Å². The maximum Gasteiger partial charge on any atom is 0.317 e. The number of carboxylic acids is 1. The van der Waals surface area contributed by atoms with E-state index in [-0.39, 0.29) is 18.5 Å². The SMILES string of the molecule is CC(C)CC(CNC(=O)N(C)Cc1ncc[nH]1)C(=O)O. The Morgan fingerprint density at radius 3 is 2.70 bits per heavy atom. The van der Waals surface area contributed by atoms with E-state index in [1.807, 2.05) is 13.8 Å². The Hall–Kier alpha value is -2.05. The van der Waals surface area contributed by atoms with E-state index in [1.165, 1.54) is 4.90 Å². The average molecular weight is 282 g/mol. The van der Waals surface area contributed by atoms with Gasteiger partial charge in [0.05, 0.1) is 12.5 Å². The van der Waals surface area contributed by atoms with Gasteiger partial charge in [0.15, 0.2) is 0 Å². The molecule has 0 saturated heterocycles. The summed E-state index contributed by atoms with van der Waals surface area (Å²) in [6.45, 7) is 4.40. The number of imidazole rings is 1. The fourth-order valence-corrected chi connectivity index (χ4v) is 1.87. The van der Waals surface area contributed by atoms with Crippen LogP contribution in [-0.2, 0) is 11.3 Å². The molecule has 0 aliphatic rings. The first-order valence-corrected chi connectivity index (χ1v) is 6.60. The maximum atomic E-state index is 11.9. The van der Waals surface area contributed by atoms with Gasteiger partial charge in [0.1, 0.15) is 5.82 Å². The number of aliphatic carboxylic acids is 1. The number of carbonyl (C=O) groups excluding carboxylic acids is 1. The summed E-state index contributed by atoms with van der Waals surface area (Å²) in [5, 5.41) is 11.7. The van der Waals surface area contributed by atoms with Crippen molar-refractivity contribution >= 4 is 12.0 Å². The van der Waals surface area contributed by atoms with Gasteiger partial charge >= 0.3 is 12.0 Å². The topological polar surface area (TPSA) is 98.3 Å². The van der Waals surface area contributed by atoms with Gasteiger partial charge in [-0.05, 0) is 12.3 Å². The molecule has 112 valence electrons. The van der Waals surface area contributed by atoms with Crippen LogP contribution in [0.1, 0.15) is 26.1 Å². The Kier molecular flexibility index (Phi) is 6.02. The van der Waals surface area contributed by atoms with Gasteiger partial charge in [0, 0.05) is 26.0 Å². The van der Waals surface area contributed by atoms with Crippen molar-refractivity contribution in [2.45, 2.75) is 26.8 Å². The number of nitrogens with zero attached hydrogens (tertiary/aromatic N) is 2. The molecule has 0 saturated carbocycles. The number of aromatic amines is 1. The van der Waals surface area contributed by atoms with E-state index in [9.17, 15) is 9.59 Å². The molecule has 1 unspecified atom stereocenters. The first-order valence-electron chi connectivity index (χ1n) is 6.60. The van der Waals surface area contributed by atoms with Gasteiger partial charge in [0.2, 0.25) is 0 Å². The molecule has 1 atom stereocenters. The van der Waals surface area contributed by atoms with Crippen molar-refractivity contribution in [3.8, 4) is 0 Å². The third kappa shape index (κ3) is 5.29. The first-order chi connectivity index (χ1) is 9.40. The molecule has 0 fully saturated rings. The lowest BCUT2D eigenvalue weighted by atomic mass is 9.97. The predicted molar refractivity (Wildman–Crippen MR) is 74.0 cm³/mol. The number of rotatable bonds is 7. The third-order valence-corrected chi connectivity index (χ3v) is 2.89.